The van der Waals surface area contributed by atoms with Gasteiger partial charge in [0.15, 0.2) is 0 Å². The van der Waals surface area contributed by atoms with Crippen molar-refractivity contribution in [1.29, 1.82) is 0 Å². The van der Waals surface area contributed by atoms with Crippen LogP contribution in [0.15, 0.2) is 72.8 Å². The SMILES string of the molecule is Cc1cccc(NC(=O)c2ccccc2OCCc2ccccc2)c1C. The molecule has 0 radical (unpaired) electrons. The molecule has 26 heavy (non-hydrogen) atoms. The number of benzene rings is 3. The van der Waals surface area contributed by atoms with E-state index in [9.17, 15) is 4.79 Å². The van der Waals surface area contributed by atoms with E-state index >= 15 is 0 Å². The Balaban J connectivity index is 1.70. The fraction of sp³-hybridized carbons (Fsp3) is 0.174. The Hall–Kier alpha value is -3.07. The van der Waals surface area contributed by atoms with Gasteiger partial charge in [-0.3, -0.25) is 4.79 Å². The van der Waals surface area contributed by atoms with Crippen molar-refractivity contribution in [3.8, 4) is 5.75 Å². The van der Waals surface area contributed by atoms with Gasteiger partial charge in [0.1, 0.15) is 5.75 Å². The number of hydrogen-bond acceptors (Lipinski definition) is 2. The molecule has 3 rings (SSSR count). The second-order valence-electron chi connectivity index (χ2n) is 6.28. The van der Waals surface area contributed by atoms with Gasteiger partial charge in [-0.2, -0.15) is 0 Å². The molecule has 0 saturated heterocycles. The summed E-state index contributed by atoms with van der Waals surface area (Å²) in [7, 11) is 0. The lowest BCUT2D eigenvalue weighted by Gasteiger charge is -2.13. The van der Waals surface area contributed by atoms with Crippen LogP contribution in [0.1, 0.15) is 27.0 Å². The molecule has 3 aromatic rings. The highest BCUT2D eigenvalue weighted by atomic mass is 16.5. The number of nitrogens with one attached hydrogen (secondary N) is 1. The van der Waals surface area contributed by atoms with Crippen LogP contribution in [0.5, 0.6) is 5.75 Å². The Bertz CT molecular complexity index is 888. The van der Waals surface area contributed by atoms with E-state index in [0.29, 0.717) is 17.9 Å². The van der Waals surface area contributed by atoms with Gasteiger partial charge in [0, 0.05) is 12.1 Å². The Kier molecular flexibility index (Phi) is 5.69. The predicted octanol–water partition coefficient (Wildman–Crippen LogP) is 5.18. The van der Waals surface area contributed by atoms with E-state index < -0.39 is 0 Å². The second kappa shape index (κ2) is 8.34. The largest absolute Gasteiger partial charge is 0.492 e. The van der Waals surface area contributed by atoms with E-state index in [-0.39, 0.29) is 5.91 Å². The molecular formula is C23H23NO2. The molecule has 0 aliphatic carbocycles. The number of hydrogen-bond donors (Lipinski definition) is 1. The van der Waals surface area contributed by atoms with Gasteiger partial charge in [-0.15, -0.1) is 0 Å². The summed E-state index contributed by atoms with van der Waals surface area (Å²) in [6.45, 7) is 4.57. The maximum atomic E-state index is 12.7. The lowest BCUT2D eigenvalue weighted by atomic mass is 10.1. The molecule has 0 heterocycles. The van der Waals surface area contributed by atoms with Gasteiger partial charge < -0.3 is 10.1 Å². The second-order valence-corrected chi connectivity index (χ2v) is 6.28. The monoisotopic (exact) mass is 345 g/mol. The molecule has 0 unspecified atom stereocenters. The van der Waals surface area contributed by atoms with Crippen LogP contribution in [0.4, 0.5) is 5.69 Å². The summed E-state index contributed by atoms with van der Waals surface area (Å²) in [6.07, 6.45) is 0.799. The van der Waals surface area contributed by atoms with Crippen molar-refractivity contribution in [1.82, 2.24) is 0 Å². The molecule has 1 amide bonds. The number of carbonyl (C=O) groups is 1. The molecule has 0 aromatic heterocycles. The Morgan fingerprint density at radius 1 is 0.885 bits per heavy atom. The van der Waals surface area contributed by atoms with Crippen LogP contribution in [0.3, 0.4) is 0 Å². The first-order valence-corrected chi connectivity index (χ1v) is 8.78. The first-order chi connectivity index (χ1) is 12.6. The molecule has 0 spiro atoms. The van der Waals surface area contributed by atoms with Crippen molar-refractivity contribution < 1.29 is 9.53 Å². The fourth-order valence-electron chi connectivity index (χ4n) is 2.78. The summed E-state index contributed by atoms with van der Waals surface area (Å²) < 4.78 is 5.89. The highest BCUT2D eigenvalue weighted by Crippen LogP contribution is 2.23. The predicted molar refractivity (Wildman–Crippen MR) is 106 cm³/mol. The molecule has 0 fully saturated rings. The average Bonchev–Trinajstić information content (AvgIpc) is 2.67. The molecule has 0 bridgehead atoms. The van der Waals surface area contributed by atoms with Crippen molar-refractivity contribution in [2.75, 3.05) is 11.9 Å². The van der Waals surface area contributed by atoms with Crippen molar-refractivity contribution in [3.05, 3.63) is 95.1 Å². The summed E-state index contributed by atoms with van der Waals surface area (Å²) in [5.74, 6) is 0.445. The third-order valence-electron chi connectivity index (χ3n) is 4.48. The fourth-order valence-corrected chi connectivity index (χ4v) is 2.78. The minimum Gasteiger partial charge on any atom is -0.492 e. The van der Waals surface area contributed by atoms with Crippen molar-refractivity contribution >= 4 is 11.6 Å². The first kappa shape index (κ1) is 17.7. The van der Waals surface area contributed by atoms with Gasteiger partial charge in [0.05, 0.1) is 12.2 Å². The number of amides is 1. The molecule has 0 aliphatic heterocycles. The van der Waals surface area contributed by atoms with Crippen LogP contribution in [-0.4, -0.2) is 12.5 Å². The third-order valence-corrected chi connectivity index (χ3v) is 4.48. The zero-order valence-electron chi connectivity index (χ0n) is 15.2. The molecular weight excluding hydrogens is 322 g/mol. The average molecular weight is 345 g/mol. The minimum atomic E-state index is -0.158. The van der Waals surface area contributed by atoms with Crippen molar-refractivity contribution in [3.63, 3.8) is 0 Å². The van der Waals surface area contributed by atoms with E-state index in [1.165, 1.54) is 5.56 Å². The van der Waals surface area contributed by atoms with E-state index in [1.54, 1.807) is 6.07 Å². The maximum Gasteiger partial charge on any atom is 0.259 e. The molecule has 0 atom stereocenters. The summed E-state index contributed by atoms with van der Waals surface area (Å²) >= 11 is 0. The molecule has 0 saturated carbocycles. The molecule has 132 valence electrons. The van der Waals surface area contributed by atoms with Crippen LogP contribution >= 0.6 is 0 Å². The van der Waals surface area contributed by atoms with Crippen molar-refractivity contribution in [2.24, 2.45) is 0 Å². The van der Waals surface area contributed by atoms with Crippen LogP contribution in [-0.2, 0) is 6.42 Å². The van der Waals surface area contributed by atoms with Crippen LogP contribution < -0.4 is 10.1 Å². The lowest BCUT2D eigenvalue weighted by Crippen LogP contribution is -2.15. The number of ether oxygens (including phenoxy) is 1. The maximum absolute atomic E-state index is 12.7. The Labute approximate surface area is 154 Å². The standard InChI is InChI=1S/C23H23NO2/c1-17-9-8-13-21(18(17)2)24-23(25)20-12-6-7-14-22(20)26-16-15-19-10-4-3-5-11-19/h3-14H,15-16H2,1-2H3,(H,24,25). The molecule has 1 N–H and O–H groups in total. The van der Waals surface area contributed by atoms with Gasteiger partial charge >= 0.3 is 0 Å². The zero-order chi connectivity index (χ0) is 18.4. The Morgan fingerprint density at radius 2 is 1.62 bits per heavy atom. The van der Waals surface area contributed by atoms with Crippen molar-refractivity contribution in [2.45, 2.75) is 20.3 Å². The van der Waals surface area contributed by atoms with E-state index in [1.807, 2.05) is 68.4 Å². The van der Waals surface area contributed by atoms with Crippen LogP contribution in [0.25, 0.3) is 0 Å². The van der Waals surface area contributed by atoms with E-state index in [4.69, 9.17) is 4.74 Å². The van der Waals surface area contributed by atoms with Gasteiger partial charge in [-0.25, -0.2) is 0 Å². The highest BCUT2D eigenvalue weighted by molar-refractivity contribution is 6.06. The minimum absolute atomic E-state index is 0.158. The summed E-state index contributed by atoms with van der Waals surface area (Å²) in [6, 6.07) is 23.4. The number of aryl methyl sites for hydroxylation is 1. The van der Waals surface area contributed by atoms with Gasteiger partial charge in [0.2, 0.25) is 0 Å². The van der Waals surface area contributed by atoms with Gasteiger partial charge in [-0.05, 0) is 48.7 Å². The number of carbonyl (C=O) groups excluding carboxylic acids is 1. The molecule has 3 nitrogen and oxygen atoms in total. The normalized spacial score (nSPS) is 10.4. The number of rotatable bonds is 6. The topological polar surface area (TPSA) is 38.3 Å². The molecule has 0 aliphatic rings. The van der Waals surface area contributed by atoms with Crippen LogP contribution in [0, 0.1) is 13.8 Å². The summed E-state index contributed by atoms with van der Waals surface area (Å²) in [4.78, 5) is 12.7. The highest BCUT2D eigenvalue weighted by Gasteiger charge is 2.13. The number of para-hydroxylation sites is 1. The van der Waals surface area contributed by atoms with Gasteiger partial charge in [0.25, 0.3) is 5.91 Å². The summed E-state index contributed by atoms with van der Waals surface area (Å²) in [5, 5.41) is 3.00. The number of anilines is 1. The van der Waals surface area contributed by atoms with E-state index in [2.05, 4.69) is 17.4 Å². The molecule has 3 heteroatoms. The van der Waals surface area contributed by atoms with Gasteiger partial charge in [-0.1, -0.05) is 54.6 Å². The van der Waals surface area contributed by atoms with Crippen LogP contribution in [0.2, 0.25) is 0 Å². The molecule has 3 aromatic carbocycles. The zero-order valence-corrected chi connectivity index (χ0v) is 15.2. The van der Waals surface area contributed by atoms with E-state index in [0.717, 1.165) is 23.2 Å². The Morgan fingerprint density at radius 3 is 2.42 bits per heavy atom. The lowest BCUT2D eigenvalue weighted by molar-refractivity contribution is 0.102. The first-order valence-electron chi connectivity index (χ1n) is 8.78. The summed E-state index contributed by atoms with van der Waals surface area (Å²) in [5.41, 5.74) is 4.80. The quantitative estimate of drug-likeness (QED) is 0.669. The third kappa shape index (κ3) is 4.31. The smallest absolute Gasteiger partial charge is 0.259 e.